The number of carbonyl (C=O) groups is 1. The van der Waals surface area contributed by atoms with Crippen LogP contribution in [0.4, 0.5) is 0 Å². The molecule has 0 bridgehead atoms. The molecule has 2 atom stereocenters. The van der Waals surface area contributed by atoms with E-state index < -0.39 is 10.0 Å². The minimum atomic E-state index is -3.16. The molecular weight excluding hydrogens is 362 g/mol. The summed E-state index contributed by atoms with van der Waals surface area (Å²) < 4.78 is 25.0. The van der Waals surface area contributed by atoms with E-state index in [1.807, 2.05) is 6.92 Å². The SMILES string of the molecule is CCc1ccc(C(C)NC(=O)CN2CCCCC2CCNS(C)(=O)=O)cc1. The average molecular weight is 396 g/mol. The van der Waals surface area contributed by atoms with Crippen LogP contribution in [0.25, 0.3) is 0 Å². The van der Waals surface area contributed by atoms with Gasteiger partial charge in [-0.05, 0) is 50.3 Å². The predicted molar refractivity (Wildman–Crippen MR) is 109 cm³/mol. The molecule has 0 radical (unpaired) electrons. The molecule has 1 aromatic rings. The highest BCUT2D eigenvalue weighted by Gasteiger charge is 2.24. The molecule has 1 fully saturated rings. The van der Waals surface area contributed by atoms with Gasteiger partial charge in [0.2, 0.25) is 15.9 Å². The van der Waals surface area contributed by atoms with Crippen LogP contribution in [-0.4, -0.2) is 51.2 Å². The number of hydrogen-bond donors (Lipinski definition) is 2. The molecule has 1 aliphatic rings. The van der Waals surface area contributed by atoms with Crippen LogP contribution in [-0.2, 0) is 21.2 Å². The monoisotopic (exact) mass is 395 g/mol. The van der Waals surface area contributed by atoms with Crippen molar-refractivity contribution in [3.05, 3.63) is 35.4 Å². The number of nitrogens with zero attached hydrogens (tertiary/aromatic N) is 1. The molecule has 6 nitrogen and oxygen atoms in total. The van der Waals surface area contributed by atoms with Crippen molar-refractivity contribution >= 4 is 15.9 Å². The molecule has 7 heteroatoms. The van der Waals surface area contributed by atoms with Crippen molar-refractivity contribution in [1.29, 1.82) is 0 Å². The zero-order chi connectivity index (χ0) is 19.9. The molecule has 2 unspecified atom stereocenters. The Morgan fingerprint density at radius 2 is 1.96 bits per heavy atom. The molecule has 2 rings (SSSR count). The van der Waals surface area contributed by atoms with Crippen LogP contribution in [0.2, 0.25) is 0 Å². The van der Waals surface area contributed by atoms with Crippen molar-refractivity contribution in [1.82, 2.24) is 14.9 Å². The smallest absolute Gasteiger partial charge is 0.234 e. The van der Waals surface area contributed by atoms with E-state index in [1.54, 1.807) is 0 Å². The van der Waals surface area contributed by atoms with Crippen LogP contribution < -0.4 is 10.0 Å². The van der Waals surface area contributed by atoms with E-state index >= 15 is 0 Å². The van der Waals surface area contributed by atoms with E-state index in [0.29, 0.717) is 13.1 Å². The number of rotatable bonds is 9. The van der Waals surface area contributed by atoms with Crippen molar-refractivity contribution in [2.45, 2.75) is 58.0 Å². The zero-order valence-electron chi connectivity index (χ0n) is 16.7. The summed E-state index contributed by atoms with van der Waals surface area (Å²) in [6.07, 6.45) is 6.12. The lowest BCUT2D eigenvalue weighted by molar-refractivity contribution is -0.123. The quantitative estimate of drug-likeness (QED) is 0.672. The minimum Gasteiger partial charge on any atom is -0.348 e. The van der Waals surface area contributed by atoms with Crippen LogP contribution in [0, 0.1) is 0 Å². The van der Waals surface area contributed by atoms with E-state index in [4.69, 9.17) is 0 Å². The van der Waals surface area contributed by atoms with Crippen molar-refractivity contribution in [3.8, 4) is 0 Å². The maximum absolute atomic E-state index is 12.5. The summed E-state index contributed by atoms with van der Waals surface area (Å²) in [5.41, 5.74) is 2.39. The van der Waals surface area contributed by atoms with Crippen molar-refractivity contribution in [3.63, 3.8) is 0 Å². The van der Waals surface area contributed by atoms with Crippen LogP contribution in [0.5, 0.6) is 0 Å². The lowest BCUT2D eigenvalue weighted by atomic mass is 9.99. The van der Waals surface area contributed by atoms with E-state index in [1.165, 1.54) is 11.8 Å². The molecule has 1 aliphatic heterocycles. The fourth-order valence-corrected chi connectivity index (χ4v) is 4.09. The van der Waals surface area contributed by atoms with Gasteiger partial charge in [0.1, 0.15) is 0 Å². The molecule has 0 aliphatic carbocycles. The van der Waals surface area contributed by atoms with Gasteiger partial charge in [0.25, 0.3) is 0 Å². The lowest BCUT2D eigenvalue weighted by Gasteiger charge is -2.35. The summed E-state index contributed by atoms with van der Waals surface area (Å²) in [4.78, 5) is 14.7. The molecule has 152 valence electrons. The molecule has 0 saturated carbocycles. The fraction of sp³-hybridized carbons (Fsp3) is 0.650. The van der Waals surface area contributed by atoms with Crippen molar-refractivity contribution in [2.24, 2.45) is 0 Å². The van der Waals surface area contributed by atoms with Gasteiger partial charge >= 0.3 is 0 Å². The molecule has 1 saturated heterocycles. The second-order valence-corrected chi connectivity index (χ2v) is 9.29. The Bertz CT molecular complexity index is 704. The Hall–Kier alpha value is -1.44. The summed E-state index contributed by atoms with van der Waals surface area (Å²) >= 11 is 0. The number of benzene rings is 1. The number of piperidine rings is 1. The van der Waals surface area contributed by atoms with Gasteiger partial charge in [-0.1, -0.05) is 37.6 Å². The van der Waals surface area contributed by atoms with Crippen LogP contribution in [0.3, 0.4) is 0 Å². The largest absolute Gasteiger partial charge is 0.348 e. The maximum atomic E-state index is 12.5. The van der Waals surface area contributed by atoms with E-state index in [0.717, 1.165) is 44.2 Å². The molecule has 27 heavy (non-hydrogen) atoms. The topological polar surface area (TPSA) is 78.5 Å². The highest BCUT2D eigenvalue weighted by molar-refractivity contribution is 7.88. The summed E-state index contributed by atoms with van der Waals surface area (Å²) in [5, 5.41) is 3.09. The van der Waals surface area contributed by atoms with E-state index in [9.17, 15) is 13.2 Å². The third kappa shape index (κ3) is 7.60. The standard InChI is InChI=1S/C20H33N3O3S/c1-4-17-8-10-18(11-9-17)16(2)22-20(24)15-23-14-6-5-7-19(23)12-13-21-27(3,25)26/h8-11,16,19,21H,4-7,12-15H2,1-3H3,(H,22,24). The molecule has 2 N–H and O–H groups in total. The van der Waals surface area contributed by atoms with Gasteiger partial charge in [0.15, 0.2) is 0 Å². The normalized spacial score (nSPS) is 19.6. The number of carbonyl (C=O) groups excluding carboxylic acids is 1. The zero-order valence-corrected chi connectivity index (χ0v) is 17.5. The number of hydrogen-bond acceptors (Lipinski definition) is 4. The van der Waals surface area contributed by atoms with Gasteiger partial charge in [-0.2, -0.15) is 0 Å². The highest BCUT2D eigenvalue weighted by Crippen LogP contribution is 2.19. The summed E-state index contributed by atoms with van der Waals surface area (Å²) in [7, 11) is -3.16. The number of aryl methyl sites for hydroxylation is 1. The maximum Gasteiger partial charge on any atom is 0.234 e. The Labute approximate surface area is 163 Å². The molecule has 0 spiro atoms. The van der Waals surface area contributed by atoms with Crippen LogP contribution in [0.15, 0.2) is 24.3 Å². The van der Waals surface area contributed by atoms with Crippen LogP contribution >= 0.6 is 0 Å². The second-order valence-electron chi connectivity index (χ2n) is 7.46. The molecule has 1 heterocycles. The predicted octanol–water partition coefficient (Wildman–Crippen LogP) is 2.22. The third-order valence-electron chi connectivity index (χ3n) is 5.20. The fourth-order valence-electron chi connectivity index (χ4n) is 3.60. The lowest BCUT2D eigenvalue weighted by Crippen LogP contribution is -2.47. The van der Waals surface area contributed by atoms with Crippen molar-refractivity contribution in [2.75, 3.05) is 25.9 Å². The number of nitrogens with one attached hydrogen (secondary N) is 2. The minimum absolute atomic E-state index is 0.0186. The Morgan fingerprint density at radius 3 is 2.59 bits per heavy atom. The molecule has 1 amide bonds. The summed E-state index contributed by atoms with van der Waals surface area (Å²) in [6.45, 7) is 5.79. The Kier molecular flexibility index (Phi) is 8.26. The summed E-state index contributed by atoms with van der Waals surface area (Å²) in [6, 6.07) is 8.58. The van der Waals surface area contributed by atoms with Crippen molar-refractivity contribution < 1.29 is 13.2 Å². The van der Waals surface area contributed by atoms with E-state index in [-0.39, 0.29) is 18.0 Å². The molecule has 0 aromatic heterocycles. The average Bonchev–Trinajstić information content (AvgIpc) is 2.62. The Balaban J connectivity index is 1.85. The first kappa shape index (κ1) is 21.9. The molecular formula is C20H33N3O3S. The summed E-state index contributed by atoms with van der Waals surface area (Å²) in [5.74, 6) is 0.0186. The van der Waals surface area contributed by atoms with Gasteiger partial charge in [0, 0.05) is 12.6 Å². The van der Waals surface area contributed by atoms with Gasteiger partial charge < -0.3 is 5.32 Å². The van der Waals surface area contributed by atoms with Gasteiger partial charge in [-0.15, -0.1) is 0 Å². The van der Waals surface area contributed by atoms with Crippen LogP contribution in [0.1, 0.15) is 56.7 Å². The van der Waals surface area contributed by atoms with Gasteiger partial charge in [-0.25, -0.2) is 13.1 Å². The first-order chi connectivity index (χ1) is 12.8. The number of sulfonamides is 1. The van der Waals surface area contributed by atoms with Gasteiger partial charge in [-0.3, -0.25) is 9.69 Å². The van der Waals surface area contributed by atoms with E-state index in [2.05, 4.69) is 46.1 Å². The van der Waals surface area contributed by atoms with Gasteiger partial charge in [0.05, 0.1) is 18.8 Å². The number of likely N-dealkylation sites (tertiary alicyclic amines) is 1. The molecule has 1 aromatic carbocycles. The second kappa shape index (κ2) is 10.2. The first-order valence-corrected chi connectivity index (χ1v) is 11.7. The Morgan fingerprint density at radius 1 is 1.26 bits per heavy atom. The third-order valence-corrected chi connectivity index (χ3v) is 5.93. The number of amides is 1. The first-order valence-electron chi connectivity index (χ1n) is 9.85. The highest BCUT2D eigenvalue weighted by atomic mass is 32.2.